The van der Waals surface area contributed by atoms with Gasteiger partial charge in [-0.25, -0.2) is 0 Å². The Balaban J connectivity index is 2.66. The largest absolute Gasteiger partial charge is 0.334 e. The van der Waals surface area contributed by atoms with Gasteiger partial charge < -0.3 is 15.5 Å². The van der Waals surface area contributed by atoms with E-state index in [1.54, 1.807) is 4.90 Å². The third-order valence-electron chi connectivity index (χ3n) is 1.17. The molecule has 0 aromatic rings. The molecular formula is C4H7N3S3. The maximum absolute atomic E-state index is 4.92. The lowest BCUT2D eigenvalue weighted by Gasteiger charge is -2.33. The smallest absolute Gasteiger partial charge is 0.177 e. The van der Waals surface area contributed by atoms with Crippen LogP contribution in [0.2, 0.25) is 0 Å². The number of thiol groups is 1. The van der Waals surface area contributed by atoms with Crippen molar-refractivity contribution in [1.29, 1.82) is 0 Å². The average Bonchev–Trinajstić information content (AvgIpc) is 1.82. The molecule has 0 spiro atoms. The van der Waals surface area contributed by atoms with E-state index in [0.29, 0.717) is 10.2 Å². The molecule has 1 rings (SSSR count). The van der Waals surface area contributed by atoms with E-state index in [-0.39, 0.29) is 5.50 Å². The molecule has 0 saturated carbocycles. The highest BCUT2D eigenvalue weighted by atomic mass is 32.1. The molecule has 3 nitrogen and oxygen atoms in total. The zero-order valence-corrected chi connectivity index (χ0v) is 7.82. The summed E-state index contributed by atoms with van der Waals surface area (Å²) in [6.45, 7) is 0. The minimum atomic E-state index is -0.110. The van der Waals surface area contributed by atoms with Crippen LogP contribution in [0.5, 0.6) is 0 Å². The van der Waals surface area contributed by atoms with Crippen molar-refractivity contribution < 1.29 is 0 Å². The van der Waals surface area contributed by atoms with E-state index in [0.717, 1.165) is 0 Å². The highest BCUT2D eigenvalue weighted by Crippen LogP contribution is 2.01. The molecule has 1 unspecified atom stereocenters. The molecule has 1 fully saturated rings. The van der Waals surface area contributed by atoms with Gasteiger partial charge >= 0.3 is 0 Å². The van der Waals surface area contributed by atoms with Gasteiger partial charge in [0, 0.05) is 7.05 Å². The van der Waals surface area contributed by atoms with Crippen LogP contribution in [-0.4, -0.2) is 27.7 Å². The molecule has 0 amide bonds. The topological polar surface area (TPSA) is 27.3 Å². The van der Waals surface area contributed by atoms with Gasteiger partial charge in [0.2, 0.25) is 0 Å². The molecule has 2 N–H and O–H groups in total. The molecule has 10 heavy (non-hydrogen) atoms. The molecule has 0 radical (unpaired) electrons. The lowest BCUT2D eigenvalue weighted by Crippen LogP contribution is -2.59. The van der Waals surface area contributed by atoms with Gasteiger partial charge in [0.1, 0.15) is 5.50 Å². The van der Waals surface area contributed by atoms with Crippen LogP contribution in [0.1, 0.15) is 0 Å². The van der Waals surface area contributed by atoms with Crippen molar-refractivity contribution in [1.82, 2.24) is 15.5 Å². The lowest BCUT2D eigenvalue weighted by atomic mass is 10.7. The van der Waals surface area contributed by atoms with E-state index >= 15 is 0 Å². The summed E-state index contributed by atoms with van der Waals surface area (Å²) in [5.41, 5.74) is -0.110. The Labute approximate surface area is 75.6 Å². The molecule has 1 aliphatic rings. The summed E-state index contributed by atoms with van der Waals surface area (Å²) in [6, 6.07) is 0. The first kappa shape index (κ1) is 8.03. The Morgan fingerprint density at radius 1 is 1.60 bits per heavy atom. The molecule has 1 saturated heterocycles. The molecule has 1 heterocycles. The predicted octanol–water partition coefficient (Wildman–Crippen LogP) is -0.106. The van der Waals surface area contributed by atoms with Gasteiger partial charge in [-0.05, 0) is 24.4 Å². The molecule has 1 aliphatic heterocycles. The first-order chi connectivity index (χ1) is 4.61. The normalized spacial score (nSPS) is 25.8. The second-order valence-electron chi connectivity index (χ2n) is 1.89. The summed E-state index contributed by atoms with van der Waals surface area (Å²) in [5.74, 6) is 0. The maximum atomic E-state index is 4.92. The summed E-state index contributed by atoms with van der Waals surface area (Å²) in [6.07, 6.45) is 0. The van der Waals surface area contributed by atoms with Gasteiger partial charge in [-0.15, -0.1) is 12.6 Å². The number of hydrogen-bond acceptors (Lipinski definition) is 3. The zero-order valence-electron chi connectivity index (χ0n) is 5.29. The molecule has 0 aromatic carbocycles. The standard InChI is InChI=1S/C4H7N3S3/c1-7-3(9)5-2(8)6-4(7)10/h3,9H,1H3,(H2,5,6,8,10). The van der Waals surface area contributed by atoms with Crippen molar-refractivity contribution in [3.8, 4) is 0 Å². The van der Waals surface area contributed by atoms with E-state index in [1.807, 2.05) is 7.05 Å². The van der Waals surface area contributed by atoms with Crippen molar-refractivity contribution >= 4 is 47.3 Å². The molecule has 6 heteroatoms. The Kier molecular flexibility index (Phi) is 2.32. The van der Waals surface area contributed by atoms with Crippen molar-refractivity contribution in [3.05, 3.63) is 0 Å². The van der Waals surface area contributed by atoms with E-state index < -0.39 is 0 Å². The fraction of sp³-hybridized carbons (Fsp3) is 0.500. The van der Waals surface area contributed by atoms with Crippen LogP contribution >= 0.6 is 37.1 Å². The SMILES string of the molecule is CN1C(=S)NC(=S)NC1S. The molecule has 0 aromatic heterocycles. The highest BCUT2D eigenvalue weighted by molar-refractivity contribution is 7.83. The maximum Gasteiger partial charge on any atom is 0.177 e. The Hall–Kier alpha value is -0.0700. The summed E-state index contributed by atoms with van der Waals surface area (Å²) < 4.78 is 0. The first-order valence-corrected chi connectivity index (χ1v) is 3.97. The summed E-state index contributed by atoms with van der Waals surface area (Å²) >= 11 is 13.9. The quantitative estimate of drug-likeness (QED) is 0.369. The van der Waals surface area contributed by atoms with Crippen LogP contribution < -0.4 is 10.6 Å². The van der Waals surface area contributed by atoms with Crippen molar-refractivity contribution in [2.45, 2.75) is 5.50 Å². The Morgan fingerprint density at radius 2 is 2.20 bits per heavy atom. The monoisotopic (exact) mass is 193 g/mol. The van der Waals surface area contributed by atoms with Crippen LogP contribution in [-0.2, 0) is 0 Å². The van der Waals surface area contributed by atoms with Crippen molar-refractivity contribution in [2.24, 2.45) is 0 Å². The van der Waals surface area contributed by atoms with Gasteiger partial charge in [-0.3, -0.25) is 0 Å². The minimum Gasteiger partial charge on any atom is -0.334 e. The van der Waals surface area contributed by atoms with Crippen LogP contribution in [0.25, 0.3) is 0 Å². The fourth-order valence-electron chi connectivity index (χ4n) is 0.547. The Morgan fingerprint density at radius 3 is 2.70 bits per heavy atom. The van der Waals surface area contributed by atoms with Crippen molar-refractivity contribution in [3.63, 3.8) is 0 Å². The van der Waals surface area contributed by atoms with E-state index in [9.17, 15) is 0 Å². The number of hydrogen-bond donors (Lipinski definition) is 3. The van der Waals surface area contributed by atoms with E-state index in [1.165, 1.54) is 0 Å². The Bertz CT molecular complexity index is 181. The minimum absolute atomic E-state index is 0.110. The molecule has 0 aliphatic carbocycles. The molecule has 1 atom stereocenters. The van der Waals surface area contributed by atoms with Crippen LogP contribution in [0.15, 0.2) is 0 Å². The van der Waals surface area contributed by atoms with Gasteiger partial charge in [-0.1, -0.05) is 0 Å². The summed E-state index contributed by atoms with van der Waals surface area (Å²) in [4.78, 5) is 1.77. The molecule has 56 valence electrons. The first-order valence-electron chi connectivity index (χ1n) is 2.63. The second kappa shape index (κ2) is 2.89. The molecule has 0 bridgehead atoms. The van der Waals surface area contributed by atoms with Gasteiger partial charge in [0.25, 0.3) is 0 Å². The van der Waals surface area contributed by atoms with Crippen LogP contribution in [0.4, 0.5) is 0 Å². The number of rotatable bonds is 0. The molecular weight excluding hydrogens is 186 g/mol. The number of nitrogens with one attached hydrogen (secondary N) is 2. The van der Waals surface area contributed by atoms with Crippen LogP contribution in [0.3, 0.4) is 0 Å². The summed E-state index contributed by atoms with van der Waals surface area (Å²) in [5, 5.41) is 6.80. The van der Waals surface area contributed by atoms with Gasteiger partial charge in [-0.2, -0.15) is 0 Å². The third kappa shape index (κ3) is 1.50. The fourth-order valence-corrected chi connectivity index (χ4v) is 1.44. The third-order valence-corrected chi connectivity index (χ3v) is 2.25. The van der Waals surface area contributed by atoms with E-state index in [4.69, 9.17) is 24.4 Å². The predicted molar refractivity (Wildman–Crippen MR) is 52.0 cm³/mol. The van der Waals surface area contributed by atoms with Gasteiger partial charge in [0.15, 0.2) is 10.2 Å². The lowest BCUT2D eigenvalue weighted by molar-refractivity contribution is 0.436. The van der Waals surface area contributed by atoms with E-state index in [2.05, 4.69) is 23.3 Å². The van der Waals surface area contributed by atoms with Gasteiger partial charge in [0.05, 0.1) is 0 Å². The number of nitrogens with zero attached hydrogens (tertiary/aromatic N) is 1. The summed E-state index contributed by atoms with van der Waals surface area (Å²) in [7, 11) is 1.84. The zero-order chi connectivity index (χ0) is 7.72. The van der Waals surface area contributed by atoms with Crippen molar-refractivity contribution in [2.75, 3.05) is 7.05 Å². The highest BCUT2D eigenvalue weighted by Gasteiger charge is 2.19. The van der Waals surface area contributed by atoms with Crippen LogP contribution in [0, 0.1) is 0 Å². The number of thiocarbonyl (C=S) groups is 2. The average molecular weight is 193 g/mol. The second-order valence-corrected chi connectivity index (χ2v) is 3.17.